The molecular formula is C19H24ClNO. The number of rotatable bonds is 2. The highest BCUT2D eigenvalue weighted by Gasteiger charge is 2.57. The van der Waals surface area contributed by atoms with Crippen LogP contribution in [0.5, 0.6) is 0 Å². The molecule has 0 radical (unpaired) electrons. The molecule has 4 saturated carbocycles. The SMILES string of the molecule is O=C1CC2CCC1C(Nc1ccc(Cl)cc1)C21CCCCC1. The topological polar surface area (TPSA) is 29.1 Å². The van der Waals surface area contributed by atoms with Gasteiger partial charge >= 0.3 is 0 Å². The molecule has 2 bridgehead atoms. The van der Waals surface area contributed by atoms with Gasteiger partial charge in [-0.3, -0.25) is 4.79 Å². The van der Waals surface area contributed by atoms with E-state index >= 15 is 0 Å². The van der Waals surface area contributed by atoms with Gasteiger partial charge in [0.05, 0.1) is 0 Å². The minimum Gasteiger partial charge on any atom is -0.381 e. The molecule has 3 unspecified atom stereocenters. The highest BCUT2D eigenvalue weighted by atomic mass is 35.5. The van der Waals surface area contributed by atoms with Gasteiger partial charge in [0.15, 0.2) is 0 Å². The molecule has 1 spiro atoms. The van der Waals surface area contributed by atoms with Crippen molar-refractivity contribution in [3.05, 3.63) is 29.3 Å². The average molecular weight is 318 g/mol. The lowest BCUT2D eigenvalue weighted by atomic mass is 9.48. The van der Waals surface area contributed by atoms with Crippen molar-refractivity contribution in [2.45, 2.75) is 57.4 Å². The summed E-state index contributed by atoms with van der Waals surface area (Å²) in [4.78, 5) is 12.5. The molecule has 5 rings (SSSR count). The van der Waals surface area contributed by atoms with E-state index < -0.39 is 0 Å². The summed E-state index contributed by atoms with van der Waals surface area (Å²) in [6, 6.07) is 8.28. The summed E-state index contributed by atoms with van der Waals surface area (Å²) in [5.41, 5.74) is 1.47. The maximum Gasteiger partial charge on any atom is 0.138 e. The third-order valence-corrected chi connectivity index (χ3v) is 6.72. The molecule has 4 aliphatic rings. The zero-order valence-corrected chi connectivity index (χ0v) is 13.7. The molecule has 4 fully saturated rings. The molecule has 22 heavy (non-hydrogen) atoms. The lowest BCUT2D eigenvalue weighted by Crippen LogP contribution is -2.60. The number of carbonyl (C=O) groups excluding carboxylic acids is 1. The molecule has 0 aromatic heterocycles. The van der Waals surface area contributed by atoms with Crippen LogP contribution in [-0.4, -0.2) is 11.8 Å². The number of anilines is 1. The summed E-state index contributed by atoms with van der Waals surface area (Å²) in [6.45, 7) is 0. The van der Waals surface area contributed by atoms with Crippen molar-refractivity contribution in [2.75, 3.05) is 5.32 Å². The molecule has 3 heteroatoms. The van der Waals surface area contributed by atoms with Crippen molar-refractivity contribution in [2.24, 2.45) is 17.3 Å². The molecule has 0 saturated heterocycles. The first-order chi connectivity index (χ1) is 10.7. The van der Waals surface area contributed by atoms with Gasteiger partial charge in [0.2, 0.25) is 0 Å². The Morgan fingerprint density at radius 3 is 2.45 bits per heavy atom. The summed E-state index contributed by atoms with van der Waals surface area (Å²) < 4.78 is 0. The molecule has 0 heterocycles. The van der Waals surface area contributed by atoms with Crippen LogP contribution >= 0.6 is 11.6 Å². The molecule has 0 amide bonds. The molecule has 3 atom stereocenters. The zero-order valence-electron chi connectivity index (χ0n) is 13.0. The summed E-state index contributed by atoms with van der Waals surface area (Å²) in [5, 5.41) is 4.51. The Balaban J connectivity index is 1.66. The highest BCUT2D eigenvalue weighted by Crippen LogP contribution is 2.58. The zero-order chi connectivity index (χ0) is 15.2. The smallest absolute Gasteiger partial charge is 0.138 e. The Labute approximate surface area is 137 Å². The fourth-order valence-electron chi connectivity index (χ4n) is 5.44. The molecule has 1 aromatic rings. The third kappa shape index (κ3) is 2.27. The number of ketones is 1. The van der Waals surface area contributed by atoms with E-state index in [0.717, 1.165) is 23.6 Å². The van der Waals surface area contributed by atoms with Crippen molar-refractivity contribution in [1.29, 1.82) is 0 Å². The predicted octanol–water partition coefficient (Wildman–Crippen LogP) is 5.07. The standard InChI is InChI=1S/C19H24ClNO/c20-14-5-7-15(8-6-14)21-18-16-9-4-13(12-17(16)22)19(18)10-2-1-3-11-19/h5-8,13,16,18,21H,1-4,9-12H2. The third-order valence-electron chi connectivity index (χ3n) is 6.47. The van der Waals surface area contributed by atoms with Crippen LogP contribution in [0.1, 0.15) is 51.4 Å². The van der Waals surface area contributed by atoms with E-state index in [2.05, 4.69) is 5.32 Å². The van der Waals surface area contributed by atoms with Crippen LogP contribution in [0.15, 0.2) is 24.3 Å². The Morgan fingerprint density at radius 2 is 1.77 bits per heavy atom. The number of nitrogens with one attached hydrogen (secondary N) is 1. The number of hydrogen-bond donors (Lipinski definition) is 1. The summed E-state index contributed by atoms with van der Waals surface area (Å²) >= 11 is 6.00. The predicted molar refractivity (Wildman–Crippen MR) is 90.2 cm³/mol. The van der Waals surface area contributed by atoms with Crippen molar-refractivity contribution >= 4 is 23.1 Å². The lowest BCUT2D eigenvalue weighted by molar-refractivity contribution is -0.140. The van der Waals surface area contributed by atoms with Gasteiger partial charge in [-0.1, -0.05) is 30.9 Å². The van der Waals surface area contributed by atoms with Crippen LogP contribution < -0.4 is 5.32 Å². The Bertz CT molecular complexity index is 561. The van der Waals surface area contributed by atoms with Crippen LogP contribution in [0.25, 0.3) is 0 Å². The van der Waals surface area contributed by atoms with E-state index in [1.165, 1.54) is 38.5 Å². The fourth-order valence-corrected chi connectivity index (χ4v) is 5.56. The second kappa shape index (κ2) is 5.56. The lowest BCUT2D eigenvalue weighted by Gasteiger charge is -2.58. The Kier molecular flexibility index (Phi) is 3.68. The number of benzene rings is 1. The van der Waals surface area contributed by atoms with Crippen LogP contribution in [-0.2, 0) is 4.79 Å². The maximum absolute atomic E-state index is 12.5. The van der Waals surface area contributed by atoms with Gasteiger partial charge < -0.3 is 5.32 Å². The van der Waals surface area contributed by atoms with Crippen LogP contribution in [0.3, 0.4) is 0 Å². The monoisotopic (exact) mass is 317 g/mol. The molecule has 4 aliphatic carbocycles. The van der Waals surface area contributed by atoms with E-state index in [1.54, 1.807) is 0 Å². The second-order valence-corrected chi connectivity index (χ2v) is 7.91. The van der Waals surface area contributed by atoms with Gasteiger partial charge in [0, 0.05) is 29.1 Å². The first-order valence-corrected chi connectivity index (χ1v) is 9.12. The minimum atomic E-state index is 0.221. The fraction of sp³-hybridized carbons (Fsp3) is 0.632. The number of hydrogen-bond acceptors (Lipinski definition) is 2. The highest BCUT2D eigenvalue weighted by molar-refractivity contribution is 6.30. The number of halogens is 1. The maximum atomic E-state index is 12.5. The average Bonchev–Trinajstić information content (AvgIpc) is 2.54. The molecule has 1 N–H and O–H groups in total. The number of fused-ring (bicyclic) bond motifs is 2. The molecule has 0 aliphatic heterocycles. The quantitative estimate of drug-likeness (QED) is 0.825. The molecule has 118 valence electrons. The van der Waals surface area contributed by atoms with Crippen LogP contribution in [0, 0.1) is 17.3 Å². The Morgan fingerprint density at radius 1 is 1.05 bits per heavy atom. The van der Waals surface area contributed by atoms with Crippen molar-refractivity contribution in [3.63, 3.8) is 0 Å². The van der Waals surface area contributed by atoms with Crippen LogP contribution in [0.4, 0.5) is 5.69 Å². The van der Waals surface area contributed by atoms with E-state index in [4.69, 9.17) is 11.6 Å². The van der Waals surface area contributed by atoms with E-state index in [9.17, 15) is 4.79 Å². The van der Waals surface area contributed by atoms with Gasteiger partial charge in [0.25, 0.3) is 0 Å². The second-order valence-electron chi connectivity index (χ2n) is 7.47. The molecule has 2 nitrogen and oxygen atoms in total. The minimum absolute atomic E-state index is 0.221. The number of carbonyl (C=O) groups is 1. The normalized spacial score (nSPS) is 33.1. The van der Waals surface area contributed by atoms with Crippen molar-refractivity contribution in [1.82, 2.24) is 0 Å². The largest absolute Gasteiger partial charge is 0.381 e. The van der Waals surface area contributed by atoms with E-state index in [1.807, 2.05) is 24.3 Å². The van der Waals surface area contributed by atoms with Gasteiger partial charge in [-0.2, -0.15) is 0 Å². The molecule has 1 aromatic carbocycles. The van der Waals surface area contributed by atoms with E-state index in [0.29, 0.717) is 23.2 Å². The summed E-state index contributed by atoms with van der Waals surface area (Å²) in [6.07, 6.45) is 9.79. The molecular weight excluding hydrogens is 294 g/mol. The van der Waals surface area contributed by atoms with Gasteiger partial charge in [0.1, 0.15) is 5.78 Å². The van der Waals surface area contributed by atoms with Crippen molar-refractivity contribution in [3.8, 4) is 0 Å². The van der Waals surface area contributed by atoms with Gasteiger partial charge in [-0.05, 0) is 61.3 Å². The van der Waals surface area contributed by atoms with Crippen molar-refractivity contribution < 1.29 is 4.79 Å². The number of Topliss-reactive ketones (excluding diaryl/α,β-unsaturated/α-hetero) is 1. The Hall–Kier alpha value is -1.02. The van der Waals surface area contributed by atoms with E-state index in [-0.39, 0.29) is 5.92 Å². The van der Waals surface area contributed by atoms with Gasteiger partial charge in [-0.15, -0.1) is 0 Å². The summed E-state index contributed by atoms with van der Waals surface area (Å²) in [5.74, 6) is 1.33. The first kappa shape index (κ1) is 14.6. The summed E-state index contributed by atoms with van der Waals surface area (Å²) in [7, 11) is 0. The van der Waals surface area contributed by atoms with Gasteiger partial charge in [-0.25, -0.2) is 0 Å². The first-order valence-electron chi connectivity index (χ1n) is 8.74. The van der Waals surface area contributed by atoms with Crippen LogP contribution in [0.2, 0.25) is 5.02 Å².